The highest BCUT2D eigenvalue weighted by Gasteiger charge is 2.23. The fourth-order valence-electron chi connectivity index (χ4n) is 3.20. The number of morpholine rings is 1. The summed E-state index contributed by atoms with van der Waals surface area (Å²) in [6, 6.07) is 18.5. The SMILES string of the molecule is Cc1ccccc1CCNC(=O)CN1CCOC(c2ccccc2)C1. The normalized spacial score (nSPS) is 18.0. The minimum Gasteiger partial charge on any atom is -0.371 e. The molecule has 0 spiro atoms. The molecule has 0 aromatic heterocycles. The molecule has 2 aromatic carbocycles. The summed E-state index contributed by atoms with van der Waals surface area (Å²) in [5.41, 5.74) is 3.74. The van der Waals surface area contributed by atoms with E-state index >= 15 is 0 Å². The molecule has 1 N–H and O–H groups in total. The molecule has 1 saturated heterocycles. The topological polar surface area (TPSA) is 41.6 Å². The number of nitrogens with zero attached hydrogens (tertiary/aromatic N) is 1. The van der Waals surface area contributed by atoms with Gasteiger partial charge in [0.05, 0.1) is 19.3 Å². The number of rotatable bonds is 6. The zero-order valence-corrected chi connectivity index (χ0v) is 14.8. The second-order valence-corrected chi connectivity index (χ2v) is 6.53. The number of carbonyl (C=O) groups excluding carboxylic acids is 1. The molecule has 25 heavy (non-hydrogen) atoms. The van der Waals surface area contributed by atoms with Crippen LogP contribution in [0.1, 0.15) is 22.8 Å². The Morgan fingerprint density at radius 1 is 1.16 bits per heavy atom. The van der Waals surface area contributed by atoms with E-state index in [2.05, 4.69) is 41.4 Å². The Kier molecular flexibility index (Phi) is 6.20. The maximum absolute atomic E-state index is 12.2. The predicted octanol–water partition coefficient (Wildman–Crippen LogP) is 2.73. The van der Waals surface area contributed by atoms with E-state index in [4.69, 9.17) is 4.74 Å². The van der Waals surface area contributed by atoms with Crippen LogP contribution in [-0.4, -0.2) is 43.6 Å². The molecular weight excluding hydrogens is 312 g/mol. The fourth-order valence-corrected chi connectivity index (χ4v) is 3.20. The third-order valence-electron chi connectivity index (χ3n) is 4.67. The van der Waals surface area contributed by atoms with Crippen LogP contribution in [0.5, 0.6) is 0 Å². The van der Waals surface area contributed by atoms with E-state index in [9.17, 15) is 4.79 Å². The summed E-state index contributed by atoms with van der Waals surface area (Å²) in [6.45, 7) is 5.44. The first-order valence-electron chi connectivity index (χ1n) is 8.92. The molecule has 0 bridgehead atoms. The smallest absolute Gasteiger partial charge is 0.234 e. The average Bonchev–Trinajstić information content (AvgIpc) is 2.64. The molecule has 1 atom stereocenters. The largest absolute Gasteiger partial charge is 0.371 e. The Balaban J connectivity index is 1.44. The molecule has 0 saturated carbocycles. The van der Waals surface area contributed by atoms with E-state index in [0.717, 1.165) is 19.5 Å². The Hall–Kier alpha value is -2.17. The van der Waals surface area contributed by atoms with Crippen LogP contribution < -0.4 is 5.32 Å². The molecule has 4 heteroatoms. The van der Waals surface area contributed by atoms with E-state index in [1.54, 1.807) is 0 Å². The van der Waals surface area contributed by atoms with Crippen molar-refractivity contribution in [2.45, 2.75) is 19.4 Å². The van der Waals surface area contributed by atoms with Crippen LogP contribution in [0.15, 0.2) is 54.6 Å². The number of amides is 1. The molecule has 0 aliphatic carbocycles. The molecule has 0 radical (unpaired) electrons. The lowest BCUT2D eigenvalue weighted by Crippen LogP contribution is -2.44. The van der Waals surface area contributed by atoms with Crippen LogP contribution in [0, 0.1) is 6.92 Å². The summed E-state index contributed by atoms with van der Waals surface area (Å²) >= 11 is 0. The minimum absolute atomic E-state index is 0.0507. The third-order valence-corrected chi connectivity index (χ3v) is 4.67. The number of aryl methyl sites for hydroxylation is 1. The predicted molar refractivity (Wildman–Crippen MR) is 99.5 cm³/mol. The number of benzene rings is 2. The number of hydrogen-bond acceptors (Lipinski definition) is 3. The van der Waals surface area contributed by atoms with Gasteiger partial charge in [-0.2, -0.15) is 0 Å². The lowest BCUT2D eigenvalue weighted by Gasteiger charge is -2.32. The van der Waals surface area contributed by atoms with E-state index in [1.165, 1.54) is 16.7 Å². The average molecular weight is 338 g/mol. The summed E-state index contributed by atoms with van der Waals surface area (Å²) in [7, 11) is 0. The maximum Gasteiger partial charge on any atom is 0.234 e. The van der Waals surface area contributed by atoms with Crippen LogP contribution in [0.25, 0.3) is 0 Å². The summed E-state index contributed by atoms with van der Waals surface area (Å²) in [5.74, 6) is 0.0855. The number of nitrogens with one attached hydrogen (secondary N) is 1. The van der Waals surface area contributed by atoms with Crippen molar-refractivity contribution in [3.05, 3.63) is 71.3 Å². The van der Waals surface area contributed by atoms with Gasteiger partial charge in [0.25, 0.3) is 0 Å². The van der Waals surface area contributed by atoms with Crippen molar-refractivity contribution in [1.29, 1.82) is 0 Å². The van der Waals surface area contributed by atoms with E-state index < -0.39 is 0 Å². The number of ether oxygens (including phenoxy) is 1. The van der Waals surface area contributed by atoms with Crippen molar-refractivity contribution in [3.63, 3.8) is 0 Å². The summed E-state index contributed by atoms with van der Waals surface area (Å²) in [4.78, 5) is 14.4. The lowest BCUT2D eigenvalue weighted by atomic mass is 10.1. The fraction of sp³-hybridized carbons (Fsp3) is 0.381. The zero-order valence-electron chi connectivity index (χ0n) is 14.8. The molecule has 4 nitrogen and oxygen atoms in total. The van der Waals surface area contributed by atoms with Crippen LogP contribution in [0.3, 0.4) is 0 Å². The Morgan fingerprint density at radius 3 is 2.72 bits per heavy atom. The van der Waals surface area contributed by atoms with Gasteiger partial charge >= 0.3 is 0 Å². The molecule has 3 rings (SSSR count). The second kappa shape index (κ2) is 8.79. The van der Waals surface area contributed by atoms with Gasteiger partial charge in [-0.25, -0.2) is 0 Å². The Labute approximate surface area is 149 Å². The molecule has 2 aromatic rings. The Morgan fingerprint density at radius 2 is 1.92 bits per heavy atom. The number of hydrogen-bond donors (Lipinski definition) is 1. The van der Waals surface area contributed by atoms with Gasteiger partial charge in [0.15, 0.2) is 0 Å². The molecule has 1 fully saturated rings. The van der Waals surface area contributed by atoms with Gasteiger partial charge in [-0.05, 0) is 30.0 Å². The highest BCUT2D eigenvalue weighted by atomic mass is 16.5. The molecule has 1 amide bonds. The van der Waals surface area contributed by atoms with Crippen LogP contribution in [-0.2, 0) is 16.0 Å². The van der Waals surface area contributed by atoms with E-state index in [1.807, 2.05) is 30.3 Å². The first-order valence-corrected chi connectivity index (χ1v) is 8.92. The maximum atomic E-state index is 12.2. The van der Waals surface area contributed by atoms with Gasteiger partial charge in [-0.1, -0.05) is 54.6 Å². The van der Waals surface area contributed by atoms with Crippen molar-refractivity contribution in [2.24, 2.45) is 0 Å². The zero-order chi connectivity index (χ0) is 17.5. The minimum atomic E-state index is 0.0507. The molecule has 1 aliphatic rings. The molecule has 1 heterocycles. The molecular formula is C21H26N2O2. The highest BCUT2D eigenvalue weighted by Crippen LogP contribution is 2.21. The Bertz CT molecular complexity index is 687. The van der Waals surface area contributed by atoms with Crippen molar-refractivity contribution >= 4 is 5.91 Å². The van der Waals surface area contributed by atoms with Gasteiger partial charge in [0.2, 0.25) is 5.91 Å². The summed E-state index contributed by atoms with van der Waals surface area (Å²) in [5, 5.41) is 3.04. The standard InChI is InChI=1S/C21H26N2O2/c1-17-7-5-6-8-18(17)11-12-22-21(24)16-23-13-14-25-20(15-23)19-9-3-2-4-10-19/h2-10,20H,11-16H2,1H3,(H,22,24). The van der Waals surface area contributed by atoms with Gasteiger partial charge in [0, 0.05) is 19.6 Å². The monoisotopic (exact) mass is 338 g/mol. The summed E-state index contributed by atoms with van der Waals surface area (Å²) < 4.78 is 5.85. The van der Waals surface area contributed by atoms with Gasteiger partial charge in [-0.15, -0.1) is 0 Å². The lowest BCUT2D eigenvalue weighted by molar-refractivity contribution is -0.124. The number of carbonyl (C=O) groups is 1. The third kappa shape index (κ3) is 5.15. The van der Waals surface area contributed by atoms with Crippen molar-refractivity contribution < 1.29 is 9.53 Å². The quantitative estimate of drug-likeness (QED) is 0.880. The van der Waals surface area contributed by atoms with Crippen LogP contribution >= 0.6 is 0 Å². The van der Waals surface area contributed by atoms with E-state index in [0.29, 0.717) is 19.7 Å². The van der Waals surface area contributed by atoms with Gasteiger partial charge in [-0.3, -0.25) is 9.69 Å². The first-order chi connectivity index (χ1) is 12.2. The van der Waals surface area contributed by atoms with Gasteiger partial charge in [0.1, 0.15) is 0 Å². The summed E-state index contributed by atoms with van der Waals surface area (Å²) in [6.07, 6.45) is 0.920. The van der Waals surface area contributed by atoms with Crippen molar-refractivity contribution in [1.82, 2.24) is 10.2 Å². The first kappa shape index (κ1) is 17.6. The molecule has 1 aliphatic heterocycles. The van der Waals surface area contributed by atoms with Crippen molar-refractivity contribution in [3.8, 4) is 0 Å². The highest BCUT2D eigenvalue weighted by molar-refractivity contribution is 5.78. The van der Waals surface area contributed by atoms with Gasteiger partial charge < -0.3 is 10.1 Å². The van der Waals surface area contributed by atoms with Crippen molar-refractivity contribution in [2.75, 3.05) is 32.8 Å². The van der Waals surface area contributed by atoms with Crippen LogP contribution in [0.2, 0.25) is 0 Å². The second-order valence-electron chi connectivity index (χ2n) is 6.53. The molecule has 1 unspecified atom stereocenters. The molecule has 132 valence electrons. The van der Waals surface area contributed by atoms with E-state index in [-0.39, 0.29) is 12.0 Å². The van der Waals surface area contributed by atoms with Crippen LogP contribution in [0.4, 0.5) is 0 Å².